The molecule has 0 amide bonds. The number of hydrogen-bond acceptors (Lipinski definition) is 5. The van der Waals surface area contributed by atoms with Crippen molar-refractivity contribution in [2.24, 2.45) is 5.41 Å². The maximum absolute atomic E-state index is 6.25. The number of anilines is 1. The number of methoxy groups -OCH3 is 1. The van der Waals surface area contributed by atoms with Gasteiger partial charge in [-0.3, -0.25) is 0 Å². The van der Waals surface area contributed by atoms with Gasteiger partial charge in [0.1, 0.15) is 17.5 Å². The number of aromatic nitrogens is 1. The van der Waals surface area contributed by atoms with E-state index in [4.69, 9.17) is 25.8 Å². The van der Waals surface area contributed by atoms with E-state index in [1.165, 1.54) is 12.8 Å². The highest BCUT2D eigenvalue weighted by Crippen LogP contribution is 2.59. The second-order valence-electron chi connectivity index (χ2n) is 7.39. The molecule has 0 N–H and O–H groups in total. The predicted octanol–water partition coefficient (Wildman–Crippen LogP) is 3.69. The lowest BCUT2D eigenvalue weighted by molar-refractivity contribution is -0.279. The summed E-state index contributed by atoms with van der Waals surface area (Å²) in [6.45, 7) is 2.41. The van der Waals surface area contributed by atoms with Crippen LogP contribution < -0.4 is 14.4 Å². The Morgan fingerprint density at radius 1 is 1.27 bits per heavy atom. The van der Waals surface area contributed by atoms with Crippen molar-refractivity contribution in [3.63, 3.8) is 0 Å². The number of rotatable bonds is 5. The highest BCUT2D eigenvalue weighted by Gasteiger charge is 2.66. The number of nitrogens with zero attached hydrogens (tertiary/aromatic N) is 2. The van der Waals surface area contributed by atoms with E-state index in [1.807, 2.05) is 36.4 Å². The van der Waals surface area contributed by atoms with Crippen molar-refractivity contribution in [2.45, 2.75) is 31.7 Å². The average molecular weight is 373 g/mol. The smallest absolute Gasteiger partial charge is 0.217 e. The summed E-state index contributed by atoms with van der Waals surface area (Å²) >= 11 is 6.25. The van der Waals surface area contributed by atoms with Gasteiger partial charge in [-0.1, -0.05) is 23.7 Å². The third kappa shape index (κ3) is 2.53. The number of halogens is 1. The molecule has 2 aromatic rings. The highest BCUT2D eigenvalue weighted by atomic mass is 35.5. The fourth-order valence-corrected chi connectivity index (χ4v) is 4.58. The molecule has 3 fully saturated rings. The number of hydrogen-bond donors (Lipinski definition) is 0. The molecular formula is C20H21ClN2O3. The summed E-state index contributed by atoms with van der Waals surface area (Å²) in [5.74, 6) is 1.38. The Morgan fingerprint density at radius 2 is 2.12 bits per heavy atom. The molecule has 136 valence electrons. The van der Waals surface area contributed by atoms with Crippen molar-refractivity contribution in [3.8, 4) is 11.6 Å². The van der Waals surface area contributed by atoms with E-state index in [0.717, 1.165) is 30.1 Å². The lowest BCUT2D eigenvalue weighted by Gasteiger charge is -2.59. The van der Waals surface area contributed by atoms with Crippen LogP contribution in [0.2, 0.25) is 5.15 Å². The maximum atomic E-state index is 6.25. The number of benzene rings is 1. The van der Waals surface area contributed by atoms with Gasteiger partial charge in [-0.2, -0.15) is 0 Å². The van der Waals surface area contributed by atoms with Crippen LogP contribution in [0.3, 0.4) is 0 Å². The summed E-state index contributed by atoms with van der Waals surface area (Å²) < 4.78 is 17.0. The van der Waals surface area contributed by atoms with Crippen molar-refractivity contribution in [3.05, 3.63) is 47.1 Å². The first-order valence-corrected chi connectivity index (χ1v) is 9.38. The molecule has 0 bridgehead atoms. The standard InChI is InChI=1S/C20H21ClN2O3/c1-24-15-4-2-13(3-5-15)11-25-19-9-14(8-18(21)22-19)23-10-17-20(12-23)7-6-16(20)26-17/h2-5,8-9,16-17H,6-7,10-12H2,1H3. The van der Waals surface area contributed by atoms with Crippen LogP contribution in [0.25, 0.3) is 0 Å². The van der Waals surface area contributed by atoms with Gasteiger partial charge in [0.2, 0.25) is 5.88 Å². The van der Waals surface area contributed by atoms with E-state index in [0.29, 0.717) is 35.3 Å². The van der Waals surface area contributed by atoms with E-state index < -0.39 is 0 Å². The first-order valence-electron chi connectivity index (χ1n) is 9.00. The normalized spacial score (nSPS) is 28.6. The van der Waals surface area contributed by atoms with Gasteiger partial charge in [0, 0.05) is 30.3 Å². The van der Waals surface area contributed by atoms with Crippen molar-refractivity contribution in [2.75, 3.05) is 25.1 Å². The molecule has 1 spiro atoms. The molecule has 0 radical (unpaired) electrons. The van der Waals surface area contributed by atoms with Gasteiger partial charge in [-0.05, 0) is 36.6 Å². The molecule has 1 saturated carbocycles. The highest BCUT2D eigenvalue weighted by molar-refractivity contribution is 6.29. The lowest BCUT2D eigenvalue weighted by Crippen LogP contribution is -2.65. The third-order valence-electron chi connectivity index (χ3n) is 6.02. The summed E-state index contributed by atoms with van der Waals surface area (Å²) in [5.41, 5.74) is 2.51. The molecular weight excluding hydrogens is 352 g/mol. The molecule has 3 atom stereocenters. The molecule has 2 saturated heterocycles. The Bertz CT molecular complexity index is 828. The largest absolute Gasteiger partial charge is 0.497 e. The summed E-state index contributed by atoms with van der Waals surface area (Å²) in [6, 6.07) is 11.7. The van der Waals surface area contributed by atoms with E-state index in [2.05, 4.69) is 9.88 Å². The first kappa shape index (κ1) is 16.2. The van der Waals surface area contributed by atoms with Crippen molar-refractivity contribution in [1.82, 2.24) is 4.98 Å². The molecule has 1 aromatic carbocycles. The van der Waals surface area contributed by atoms with Crippen molar-refractivity contribution >= 4 is 17.3 Å². The Balaban J connectivity index is 1.29. The van der Waals surface area contributed by atoms with Gasteiger partial charge in [0.05, 0.1) is 19.3 Å². The first-order chi connectivity index (χ1) is 12.7. The molecule has 3 heterocycles. The van der Waals surface area contributed by atoms with Crippen LogP contribution >= 0.6 is 11.6 Å². The van der Waals surface area contributed by atoms with E-state index in [-0.39, 0.29) is 0 Å². The predicted molar refractivity (Wildman–Crippen MR) is 99.1 cm³/mol. The zero-order valence-electron chi connectivity index (χ0n) is 14.7. The average Bonchev–Trinajstić information content (AvgIpc) is 3.02. The summed E-state index contributed by atoms with van der Waals surface area (Å²) in [4.78, 5) is 6.67. The second-order valence-corrected chi connectivity index (χ2v) is 7.78. The fourth-order valence-electron chi connectivity index (χ4n) is 4.39. The number of pyridine rings is 1. The molecule has 1 aliphatic carbocycles. The molecule has 3 aliphatic rings. The minimum Gasteiger partial charge on any atom is -0.497 e. The molecule has 1 aromatic heterocycles. The lowest BCUT2D eigenvalue weighted by atomic mass is 9.60. The minimum atomic E-state index is 0.372. The summed E-state index contributed by atoms with van der Waals surface area (Å²) in [6.07, 6.45) is 3.33. The zero-order valence-corrected chi connectivity index (χ0v) is 15.4. The van der Waals surface area contributed by atoms with Gasteiger partial charge in [-0.25, -0.2) is 4.98 Å². The quantitative estimate of drug-likeness (QED) is 0.749. The van der Waals surface area contributed by atoms with Gasteiger partial charge >= 0.3 is 0 Å². The topological polar surface area (TPSA) is 43.8 Å². The van der Waals surface area contributed by atoms with Crippen LogP contribution in [-0.4, -0.2) is 37.4 Å². The Kier molecular flexibility index (Phi) is 3.76. The van der Waals surface area contributed by atoms with Crippen LogP contribution in [0.15, 0.2) is 36.4 Å². The third-order valence-corrected chi connectivity index (χ3v) is 6.21. The second kappa shape index (κ2) is 6.03. The molecule has 3 unspecified atom stereocenters. The van der Waals surface area contributed by atoms with Gasteiger partial charge < -0.3 is 19.1 Å². The molecule has 5 nitrogen and oxygen atoms in total. The molecule has 26 heavy (non-hydrogen) atoms. The van der Waals surface area contributed by atoms with Gasteiger partial charge in [0.25, 0.3) is 0 Å². The van der Waals surface area contributed by atoms with Crippen LogP contribution in [0.5, 0.6) is 11.6 Å². The number of ether oxygens (including phenoxy) is 3. The molecule has 6 heteroatoms. The fraction of sp³-hybridized carbons (Fsp3) is 0.450. The molecule has 5 rings (SSSR count). The van der Waals surface area contributed by atoms with Crippen molar-refractivity contribution in [1.29, 1.82) is 0 Å². The monoisotopic (exact) mass is 372 g/mol. The SMILES string of the molecule is COc1ccc(COc2cc(N3CC4OC5CCC54C3)cc(Cl)n2)cc1. The van der Waals surface area contributed by atoms with Crippen LogP contribution in [-0.2, 0) is 11.3 Å². The van der Waals surface area contributed by atoms with Gasteiger partial charge in [-0.15, -0.1) is 0 Å². The van der Waals surface area contributed by atoms with E-state index in [1.54, 1.807) is 7.11 Å². The Morgan fingerprint density at radius 3 is 2.77 bits per heavy atom. The minimum absolute atomic E-state index is 0.372. The maximum Gasteiger partial charge on any atom is 0.217 e. The van der Waals surface area contributed by atoms with Gasteiger partial charge in [0.15, 0.2) is 0 Å². The van der Waals surface area contributed by atoms with E-state index >= 15 is 0 Å². The zero-order chi connectivity index (χ0) is 17.7. The Hall–Kier alpha value is -1.98. The van der Waals surface area contributed by atoms with Crippen LogP contribution in [0.1, 0.15) is 18.4 Å². The molecule has 2 aliphatic heterocycles. The van der Waals surface area contributed by atoms with Crippen molar-refractivity contribution < 1.29 is 14.2 Å². The summed E-state index contributed by atoms with van der Waals surface area (Å²) in [7, 11) is 1.66. The van der Waals surface area contributed by atoms with Crippen LogP contribution in [0, 0.1) is 5.41 Å². The summed E-state index contributed by atoms with van der Waals surface area (Å²) in [5, 5.41) is 0.454. The van der Waals surface area contributed by atoms with E-state index in [9.17, 15) is 0 Å². The Labute approximate surface area is 157 Å². The van der Waals surface area contributed by atoms with Crippen LogP contribution in [0.4, 0.5) is 5.69 Å².